The van der Waals surface area contributed by atoms with Crippen molar-refractivity contribution in [3.8, 4) is 0 Å². The van der Waals surface area contributed by atoms with Gasteiger partial charge in [0.1, 0.15) is 6.54 Å². The van der Waals surface area contributed by atoms with Gasteiger partial charge in [0.05, 0.1) is 6.67 Å². The lowest BCUT2D eigenvalue weighted by molar-refractivity contribution is -0.125. The molecule has 1 saturated carbocycles. The van der Waals surface area contributed by atoms with Gasteiger partial charge < -0.3 is 4.90 Å². The van der Waals surface area contributed by atoms with Crippen LogP contribution in [0.15, 0.2) is 24.3 Å². The minimum atomic E-state index is -0.197. The Kier molecular flexibility index (Phi) is 5.11. The van der Waals surface area contributed by atoms with E-state index in [0.29, 0.717) is 13.2 Å². The Morgan fingerprint density at radius 3 is 2.38 bits per heavy atom. The number of imide groups is 1. The van der Waals surface area contributed by atoms with Crippen LogP contribution >= 0.6 is 11.6 Å². The molecule has 0 unspecified atom stereocenters. The maximum atomic E-state index is 12.3. The van der Waals surface area contributed by atoms with Crippen LogP contribution in [0.5, 0.6) is 0 Å². The molecule has 1 heterocycles. The number of nitrogens with zero attached hydrogens (tertiary/aromatic N) is 2. The van der Waals surface area contributed by atoms with Gasteiger partial charge in [-0.1, -0.05) is 43.0 Å². The minimum Gasteiger partial charge on any atom is -0.302 e. The van der Waals surface area contributed by atoms with Gasteiger partial charge in [0.2, 0.25) is 5.91 Å². The van der Waals surface area contributed by atoms with Crippen molar-refractivity contribution in [2.45, 2.75) is 44.6 Å². The predicted molar refractivity (Wildman–Crippen MR) is 93.7 cm³/mol. The van der Waals surface area contributed by atoms with E-state index in [4.69, 9.17) is 11.6 Å². The lowest BCUT2D eigenvalue weighted by Crippen LogP contribution is -2.49. The molecule has 130 valence electrons. The Morgan fingerprint density at radius 1 is 1.12 bits per heavy atom. The lowest BCUT2D eigenvalue weighted by atomic mass is 9.76. The van der Waals surface area contributed by atoms with Crippen molar-refractivity contribution in [3.05, 3.63) is 34.9 Å². The zero-order valence-electron chi connectivity index (χ0n) is 14.1. The van der Waals surface area contributed by atoms with Crippen molar-refractivity contribution in [1.82, 2.24) is 15.1 Å². The molecule has 1 saturated heterocycles. The first kappa shape index (κ1) is 17.2. The van der Waals surface area contributed by atoms with Crippen molar-refractivity contribution >= 4 is 23.5 Å². The molecule has 0 radical (unpaired) electrons. The molecule has 2 fully saturated rings. The number of likely N-dealkylation sites (N-methyl/N-ethyl adjacent to an activating group) is 1. The van der Waals surface area contributed by atoms with Gasteiger partial charge in [-0.2, -0.15) is 0 Å². The summed E-state index contributed by atoms with van der Waals surface area (Å²) in [6.45, 7) is 2.81. The predicted octanol–water partition coefficient (Wildman–Crippen LogP) is 3.33. The maximum Gasteiger partial charge on any atom is 0.328 e. The van der Waals surface area contributed by atoms with E-state index in [1.54, 1.807) is 4.90 Å². The molecule has 0 aromatic heterocycles. The Balaban J connectivity index is 1.75. The van der Waals surface area contributed by atoms with Crippen molar-refractivity contribution < 1.29 is 9.59 Å². The van der Waals surface area contributed by atoms with Gasteiger partial charge in [-0.15, -0.1) is 0 Å². The van der Waals surface area contributed by atoms with Gasteiger partial charge in [0, 0.05) is 17.1 Å². The molecule has 2 aliphatic rings. The number of benzene rings is 1. The summed E-state index contributed by atoms with van der Waals surface area (Å²) in [5, 5.41) is 4.32. The van der Waals surface area contributed by atoms with E-state index in [1.807, 2.05) is 19.1 Å². The first-order valence-corrected chi connectivity index (χ1v) is 9.04. The van der Waals surface area contributed by atoms with Crippen molar-refractivity contribution in [2.24, 2.45) is 0 Å². The van der Waals surface area contributed by atoms with Crippen LogP contribution in [0.2, 0.25) is 5.02 Å². The van der Waals surface area contributed by atoms with Gasteiger partial charge in [0.15, 0.2) is 0 Å². The van der Waals surface area contributed by atoms with E-state index < -0.39 is 0 Å². The average Bonchev–Trinajstić information content (AvgIpc) is 2.87. The van der Waals surface area contributed by atoms with Crippen LogP contribution in [0.3, 0.4) is 0 Å². The number of hydrogen-bond acceptors (Lipinski definition) is 3. The number of urea groups is 1. The van der Waals surface area contributed by atoms with E-state index in [2.05, 4.69) is 17.4 Å². The standard InChI is InChI=1S/C18H24ClN3O2/c1-2-22-16(23)12-21(17(22)24)13-20-18(10-4-3-5-11-18)14-6-8-15(19)9-7-14/h6-9,20H,2-5,10-13H2,1H3. The second kappa shape index (κ2) is 7.11. The normalized spacial score (nSPS) is 20.8. The van der Waals surface area contributed by atoms with Crippen molar-refractivity contribution in [1.29, 1.82) is 0 Å². The zero-order chi connectivity index (χ0) is 17.2. The molecule has 1 aliphatic heterocycles. The number of carbonyl (C=O) groups excluding carboxylic acids is 2. The third-order valence-corrected chi connectivity index (χ3v) is 5.41. The summed E-state index contributed by atoms with van der Waals surface area (Å²) in [4.78, 5) is 27.1. The topological polar surface area (TPSA) is 52.7 Å². The Morgan fingerprint density at radius 2 is 1.79 bits per heavy atom. The second-order valence-corrected chi connectivity index (χ2v) is 7.04. The van der Waals surface area contributed by atoms with Crippen molar-refractivity contribution in [3.63, 3.8) is 0 Å². The van der Waals surface area contributed by atoms with Crippen LogP contribution in [0.4, 0.5) is 4.79 Å². The van der Waals surface area contributed by atoms with Crippen LogP contribution < -0.4 is 5.32 Å². The van der Waals surface area contributed by atoms with Crippen LogP contribution in [0, 0.1) is 0 Å². The van der Waals surface area contributed by atoms with E-state index >= 15 is 0 Å². The van der Waals surface area contributed by atoms with Crippen LogP contribution in [0.1, 0.15) is 44.6 Å². The molecule has 1 aromatic carbocycles. The molecule has 1 aromatic rings. The lowest BCUT2D eigenvalue weighted by Gasteiger charge is -2.40. The summed E-state index contributed by atoms with van der Waals surface area (Å²) in [7, 11) is 0. The summed E-state index contributed by atoms with van der Waals surface area (Å²) in [5.41, 5.74) is 1.06. The SMILES string of the molecule is CCN1C(=O)CN(CNC2(c3ccc(Cl)cc3)CCCCC2)C1=O. The monoisotopic (exact) mass is 349 g/mol. The maximum absolute atomic E-state index is 12.3. The quantitative estimate of drug-likeness (QED) is 0.829. The Labute approximate surface area is 147 Å². The summed E-state index contributed by atoms with van der Waals surface area (Å²) in [6, 6.07) is 7.76. The Bertz CT molecular complexity index is 611. The average molecular weight is 350 g/mol. The highest BCUT2D eigenvalue weighted by atomic mass is 35.5. The molecule has 24 heavy (non-hydrogen) atoms. The molecule has 0 atom stereocenters. The number of nitrogens with one attached hydrogen (secondary N) is 1. The smallest absolute Gasteiger partial charge is 0.302 e. The fourth-order valence-corrected chi connectivity index (χ4v) is 3.89. The first-order chi connectivity index (χ1) is 11.6. The molecule has 1 aliphatic carbocycles. The molecule has 0 bridgehead atoms. The molecular formula is C18H24ClN3O2. The van der Waals surface area contributed by atoms with E-state index in [-0.39, 0.29) is 24.0 Å². The zero-order valence-corrected chi connectivity index (χ0v) is 14.8. The van der Waals surface area contributed by atoms with Crippen molar-refractivity contribution in [2.75, 3.05) is 19.8 Å². The van der Waals surface area contributed by atoms with E-state index in [9.17, 15) is 9.59 Å². The summed E-state index contributed by atoms with van der Waals surface area (Å²) >= 11 is 6.03. The summed E-state index contributed by atoms with van der Waals surface area (Å²) < 4.78 is 0. The second-order valence-electron chi connectivity index (χ2n) is 6.60. The molecule has 3 rings (SSSR count). The summed E-state index contributed by atoms with van der Waals surface area (Å²) in [5.74, 6) is -0.117. The van der Waals surface area contributed by atoms with E-state index in [1.165, 1.54) is 16.9 Å². The van der Waals surface area contributed by atoms with Gasteiger partial charge in [-0.05, 0) is 37.5 Å². The van der Waals surface area contributed by atoms with Gasteiger partial charge in [-0.3, -0.25) is 15.0 Å². The largest absolute Gasteiger partial charge is 0.328 e. The highest BCUT2D eigenvalue weighted by molar-refractivity contribution is 6.30. The minimum absolute atomic E-state index is 0.117. The molecule has 1 N–H and O–H groups in total. The number of halogens is 1. The Hall–Kier alpha value is -1.59. The molecular weight excluding hydrogens is 326 g/mol. The molecule has 3 amide bonds. The molecule has 0 spiro atoms. The number of hydrogen-bond donors (Lipinski definition) is 1. The van der Waals surface area contributed by atoms with Crippen LogP contribution in [-0.2, 0) is 10.3 Å². The number of amides is 3. The third-order valence-electron chi connectivity index (χ3n) is 5.16. The van der Waals surface area contributed by atoms with Gasteiger partial charge >= 0.3 is 6.03 Å². The number of rotatable bonds is 5. The molecule has 6 heteroatoms. The fourth-order valence-electron chi connectivity index (χ4n) is 3.77. The van der Waals surface area contributed by atoms with Gasteiger partial charge in [-0.25, -0.2) is 4.79 Å². The highest BCUT2D eigenvalue weighted by Crippen LogP contribution is 2.37. The fraction of sp³-hybridized carbons (Fsp3) is 0.556. The van der Waals surface area contributed by atoms with Crippen LogP contribution in [0.25, 0.3) is 0 Å². The first-order valence-electron chi connectivity index (χ1n) is 8.66. The molecule has 5 nitrogen and oxygen atoms in total. The van der Waals surface area contributed by atoms with Crippen LogP contribution in [-0.4, -0.2) is 41.5 Å². The van der Waals surface area contributed by atoms with E-state index in [0.717, 1.165) is 30.7 Å². The third kappa shape index (κ3) is 3.28. The highest BCUT2D eigenvalue weighted by Gasteiger charge is 2.38. The van der Waals surface area contributed by atoms with Gasteiger partial charge in [0.25, 0.3) is 0 Å². The summed E-state index contributed by atoms with van der Waals surface area (Å²) in [6.07, 6.45) is 5.61. The number of carbonyl (C=O) groups is 2.